The van der Waals surface area contributed by atoms with E-state index in [2.05, 4.69) is 72.4 Å². The van der Waals surface area contributed by atoms with Crippen LogP contribution in [0.4, 0.5) is 22.7 Å². The van der Waals surface area contributed by atoms with Gasteiger partial charge in [0.1, 0.15) is 0 Å². The maximum atomic E-state index is 12.9. The van der Waals surface area contributed by atoms with E-state index in [1.165, 1.54) is 49.9 Å². The molecule has 2 amide bonds. The molecule has 0 aliphatic carbocycles. The first-order chi connectivity index (χ1) is 19.3. The zero-order valence-corrected chi connectivity index (χ0v) is 24.2. The number of piperidine rings is 2. The maximum Gasteiger partial charge on any atom is 0.255 e. The minimum Gasteiger partial charge on any atom is -0.366 e. The molecule has 2 saturated heterocycles. The van der Waals surface area contributed by atoms with Crippen LogP contribution in [0.15, 0.2) is 72.8 Å². The maximum absolute atomic E-state index is 12.9. The number of nitrogens with one attached hydrogen (secondary N) is 2. The van der Waals surface area contributed by atoms with Crippen LogP contribution in [-0.2, 0) is 0 Å². The molecule has 210 valence electrons. The number of carbonyl (C=O) groups is 2. The molecule has 5 rings (SSSR count). The van der Waals surface area contributed by atoms with Crippen LogP contribution in [0.1, 0.15) is 86.9 Å². The molecule has 0 bridgehead atoms. The fourth-order valence-electron chi connectivity index (χ4n) is 6.47. The van der Waals surface area contributed by atoms with Crippen LogP contribution in [0, 0.1) is 0 Å². The van der Waals surface area contributed by atoms with Crippen LogP contribution in [0.3, 0.4) is 0 Å². The lowest BCUT2D eigenvalue weighted by molar-refractivity contribution is 0.101. The van der Waals surface area contributed by atoms with Gasteiger partial charge >= 0.3 is 0 Å². The zero-order valence-electron chi connectivity index (χ0n) is 24.2. The molecule has 2 N–H and O–H groups in total. The van der Waals surface area contributed by atoms with E-state index in [1.807, 2.05) is 24.3 Å². The van der Waals surface area contributed by atoms with Crippen molar-refractivity contribution >= 4 is 34.6 Å². The molecule has 0 saturated carbocycles. The van der Waals surface area contributed by atoms with Gasteiger partial charge in [-0.15, -0.1) is 0 Å². The number of hydrogen-bond acceptors (Lipinski definition) is 4. The smallest absolute Gasteiger partial charge is 0.255 e. The SMILES string of the molecule is C[C@@H]1CCC[C@H](C)N1c1ccc(NC(=O)c2ccc(C(=O)Nc3ccc(N4[C@@H](C)CCC[C@@H]4C)cc3)cc2)cc1. The number of nitrogens with zero attached hydrogens (tertiary/aromatic N) is 2. The third-order valence-electron chi connectivity index (χ3n) is 8.64. The highest BCUT2D eigenvalue weighted by atomic mass is 16.2. The molecular formula is C34H42N4O2. The molecule has 6 nitrogen and oxygen atoms in total. The topological polar surface area (TPSA) is 64.7 Å². The minimum absolute atomic E-state index is 0.198. The van der Waals surface area contributed by atoms with E-state index >= 15 is 0 Å². The summed E-state index contributed by atoms with van der Waals surface area (Å²) >= 11 is 0. The van der Waals surface area contributed by atoms with E-state index in [1.54, 1.807) is 24.3 Å². The Morgan fingerprint density at radius 2 is 0.825 bits per heavy atom. The monoisotopic (exact) mass is 538 g/mol. The van der Waals surface area contributed by atoms with Crippen LogP contribution in [-0.4, -0.2) is 36.0 Å². The fraction of sp³-hybridized carbons (Fsp3) is 0.412. The van der Waals surface area contributed by atoms with Crippen LogP contribution in [0.2, 0.25) is 0 Å². The zero-order chi connectivity index (χ0) is 28.2. The van der Waals surface area contributed by atoms with E-state index in [0.717, 1.165) is 11.4 Å². The molecule has 3 aromatic carbocycles. The highest BCUT2D eigenvalue weighted by Gasteiger charge is 2.26. The molecule has 3 aromatic rings. The lowest BCUT2D eigenvalue weighted by atomic mass is 9.96. The number of carbonyl (C=O) groups excluding carboxylic acids is 2. The van der Waals surface area contributed by atoms with Crippen LogP contribution >= 0.6 is 0 Å². The number of amides is 2. The standard InChI is InChI=1S/C34H42N4O2/c1-23-7-5-8-24(2)37(23)31-19-15-29(16-20-31)35-33(39)27-11-13-28(14-12-27)34(40)36-30-17-21-32(22-18-30)38-25(3)9-6-10-26(38)4/h11-26H,5-10H2,1-4H3,(H,35,39)(H,36,40)/t23-,24-,25-,26+/m0/s1. The molecule has 0 radical (unpaired) electrons. The Kier molecular flexibility index (Phi) is 8.43. The van der Waals surface area contributed by atoms with Gasteiger partial charge in [0.05, 0.1) is 0 Å². The molecule has 40 heavy (non-hydrogen) atoms. The molecular weight excluding hydrogens is 496 g/mol. The molecule has 0 spiro atoms. The second kappa shape index (κ2) is 12.2. The molecule has 2 aliphatic rings. The number of hydrogen-bond donors (Lipinski definition) is 2. The van der Waals surface area contributed by atoms with Gasteiger partial charge < -0.3 is 20.4 Å². The quantitative estimate of drug-likeness (QED) is 0.337. The van der Waals surface area contributed by atoms with Crippen molar-refractivity contribution < 1.29 is 9.59 Å². The van der Waals surface area contributed by atoms with Crippen molar-refractivity contribution in [3.8, 4) is 0 Å². The van der Waals surface area contributed by atoms with E-state index in [0.29, 0.717) is 35.3 Å². The lowest BCUT2D eigenvalue weighted by Crippen LogP contribution is -2.43. The summed E-state index contributed by atoms with van der Waals surface area (Å²) in [4.78, 5) is 30.7. The Bertz CT molecular complexity index is 1180. The summed E-state index contributed by atoms with van der Waals surface area (Å²) in [6, 6.07) is 25.0. The summed E-state index contributed by atoms with van der Waals surface area (Å²) in [6.45, 7) is 9.12. The second-order valence-corrected chi connectivity index (χ2v) is 11.7. The van der Waals surface area contributed by atoms with Crippen LogP contribution in [0.5, 0.6) is 0 Å². The highest BCUT2D eigenvalue weighted by Crippen LogP contribution is 2.31. The molecule has 4 atom stereocenters. The Morgan fingerprint density at radius 1 is 0.525 bits per heavy atom. The van der Waals surface area contributed by atoms with Gasteiger partial charge in [-0.05, 0) is 139 Å². The normalized spacial score (nSPS) is 23.0. The molecule has 2 fully saturated rings. The van der Waals surface area contributed by atoms with Crippen molar-refractivity contribution in [2.24, 2.45) is 0 Å². The predicted molar refractivity (Wildman–Crippen MR) is 166 cm³/mol. The van der Waals surface area contributed by atoms with Gasteiger partial charge in [-0.2, -0.15) is 0 Å². The van der Waals surface area contributed by atoms with Gasteiger partial charge in [-0.3, -0.25) is 9.59 Å². The first-order valence-electron chi connectivity index (χ1n) is 14.8. The van der Waals surface area contributed by atoms with Crippen molar-refractivity contribution in [2.45, 2.75) is 90.4 Å². The summed E-state index contributed by atoms with van der Waals surface area (Å²) in [5.41, 5.74) is 4.91. The number of anilines is 4. The van der Waals surface area contributed by atoms with Gasteiger partial charge in [0.15, 0.2) is 0 Å². The lowest BCUT2D eigenvalue weighted by Gasteiger charge is -2.41. The van der Waals surface area contributed by atoms with Crippen molar-refractivity contribution in [3.05, 3.63) is 83.9 Å². The summed E-state index contributed by atoms with van der Waals surface area (Å²) in [6.07, 6.45) is 7.39. The number of rotatable bonds is 6. The first-order valence-corrected chi connectivity index (χ1v) is 14.8. The fourth-order valence-corrected chi connectivity index (χ4v) is 6.47. The first kappa shape index (κ1) is 27.8. The van der Waals surface area contributed by atoms with Gasteiger partial charge in [0.25, 0.3) is 11.8 Å². The summed E-state index contributed by atoms with van der Waals surface area (Å²) in [7, 11) is 0. The van der Waals surface area contributed by atoms with Crippen LogP contribution in [0.25, 0.3) is 0 Å². The van der Waals surface area contributed by atoms with Gasteiger partial charge in [-0.25, -0.2) is 0 Å². The average molecular weight is 539 g/mol. The largest absolute Gasteiger partial charge is 0.366 e. The molecule has 6 heteroatoms. The Morgan fingerprint density at radius 3 is 1.12 bits per heavy atom. The minimum atomic E-state index is -0.198. The number of benzene rings is 3. The van der Waals surface area contributed by atoms with Gasteiger partial charge in [-0.1, -0.05) is 0 Å². The average Bonchev–Trinajstić information content (AvgIpc) is 2.95. The Balaban J connectivity index is 1.17. The second-order valence-electron chi connectivity index (χ2n) is 11.7. The molecule has 2 aliphatic heterocycles. The van der Waals surface area contributed by atoms with E-state index in [9.17, 15) is 9.59 Å². The van der Waals surface area contributed by atoms with Crippen molar-refractivity contribution in [3.63, 3.8) is 0 Å². The van der Waals surface area contributed by atoms with Crippen molar-refractivity contribution in [1.29, 1.82) is 0 Å². The van der Waals surface area contributed by atoms with Gasteiger partial charge in [0.2, 0.25) is 0 Å². The molecule has 2 heterocycles. The third-order valence-corrected chi connectivity index (χ3v) is 8.64. The van der Waals surface area contributed by atoms with Crippen LogP contribution < -0.4 is 20.4 Å². The molecule has 0 unspecified atom stereocenters. The van der Waals surface area contributed by atoms with Crippen molar-refractivity contribution in [2.75, 3.05) is 20.4 Å². The highest BCUT2D eigenvalue weighted by molar-refractivity contribution is 6.07. The third kappa shape index (κ3) is 6.16. The summed E-state index contributed by atoms with van der Waals surface area (Å²) in [5, 5.41) is 5.95. The predicted octanol–water partition coefficient (Wildman–Crippen LogP) is 7.73. The molecule has 0 aromatic heterocycles. The Labute approximate surface area is 238 Å². The van der Waals surface area contributed by atoms with E-state index < -0.39 is 0 Å². The summed E-state index contributed by atoms with van der Waals surface area (Å²) < 4.78 is 0. The van der Waals surface area contributed by atoms with E-state index in [4.69, 9.17) is 0 Å². The summed E-state index contributed by atoms with van der Waals surface area (Å²) in [5.74, 6) is -0.396. The van der Waals surface area contributed by atoms with Gasteiger partial charge in [0, 0.05) is 58.0 Å². The van der Waals surface area contributed by atoms with E-state index in [-0.39, 0.29) is 11.8 Å². The Hall–Kier alpha value is -3.80. The van der Waals surface area contributed by atoms with Crippen molar-refractivity contribution in [1.82, 2.24) is 0 Å².